The minimum atomic E-state index is -0.101. The molecule has 3 nitrogen and oxygen atoms in total. The molecule has 1 aromatic carbocycles. The van der Waals surface area contributed by atoms with Gasteiger partial charge in [0, 0.05) is 21.9 Å². The molecule has 1 amide bonds. The molecule has 22 heavy (non-hydrogen) atoms. The van der Waals surface area contributed by atoms with Crippen molar-refractivity contribution in [3.05, 3.63) is 57.0 Å². The molecule has 0 bridgehead atoms. The first kappa shape index (κ1) is 16.0. The normalized spacial score (nSPS) is 28.7. The van der Waals surface area contributed by atoms with Crippen LogP contribution in [-0.4, -0.2) is 30.5 Å². The number of rotatable bonds is 2. The van der Waals surface area contributed by atoms with E-state index in [1.54, 1.807) is 0 Å². The zero-order valence-corrected chi connectivity index (χ0v) is 15.4. The topological polar surface area (TPSA) is 29.5 Å². The van der Waals surface area contributed by atoms with Crippen LogP contribution >= 0.6 is 31.9 Å². The van der Waals surface area contributed by atoms with Crippen LogP contribution in [0, 0.1) is 5.92 Å². The lowest BCUT2D eigenvalue weighted by Crippen LogP contribution is -2.51. The summed E-state index contributed by atoms with van der Waals surface area (Å²) in [6, 6.07) is 8.15. The molecule has 1 aliphatic heterocycles. The van der Waals surface area contributed by atoms with Crippen molar-refractivity contribution in [1.29, 1.82) is 0 Å². The van der Waals surface area contributed by atoms with Crippen molar-refractivity contribution in [3.63, 3.8) is 0 Å². The van der Waals surface area contributed by atoms with Crippen LogP contribution in [0.3, 0.4) is 0 Å². The summed E-state index contributed by atoms with van der Waals surface area (Å²) in [6.07, 6.45) is 7.17. The molecule has 5 heteroatoms. The van der Waals surface area contributed by atoms with Crippen LogP contribution in [0.4, 0.5) is 0 Å². The number of halogens is 2. The van der Waals surface area contributed by atoms with Gasteiger partial charge in [-0.15, -0.1) is 0 Å². The van der Waals surface area contributed by atoms with Crippen LogP contribution < -0.4 is 0 Å². The van der Waals surface area contributed by atoms with Crippen molar-refractivity contribution < 1.29 is 9.53 Å². The van der Waals surface area contributed by atoms with Crippen LogP contribution in [0.2, 0.25) is 0 Å². The van der Waals surface area contributed by atoms with Gasteiger partial charge in [0.05, 0.1) is 6.04 Å². The number of hydrogen-bond acceptors (Lipinski definition) is 2. The van der Waals surface area contributed by atoms with Gasteiger partial charge >= 0.3 is 0 Å². The summed E-state index contributed by atoms with van der Waals surface area (Å²) in [7, 11) is 1.88. The smallest absolute Gasteiger partial charge is 0.248 e. The fourth-order valence-electron chi connectivity index (χ4n) is 3.05. The van der Waals surface area contributed by atoms with Gasteiger partial charge in [-0.2, -0.15) is 0 Å². The van der Waals surface area contributed by atoms with Crippen molar-refractivity contribution in [2.24, 2.45) is 5.92 Å². The van der Waals surface area contributed by atoms with Crippen LogP contribution in [0.1, 0.15) is 18.1 Å². The Balaban J connectivity index is 1.91. The molecular weight excluding hydrogens is 410 g/mol. The van der Waals surface area contributed by atoms with E-state index in [0.717, 1.165) is 20.9 Å². The molecule has 2 aliphatic rings. The molecule has 116 valence electrons. The van der Waals surface area contributed by atoms with E-state index >= 15 is 0 Å². The van der Waals surface area contributed by atoms with Gasteiger partial charge in [0.1, 0.15) is 12.7 Å². The maximum absolute atomic E-state index is 12.1. The number of carbonyl (C=O) groups is 1. The summed E-state index contributed by atoms with van der Waals surface area (Å²) >= 11 is 6.95. The summed E-state index contributed by atoms with van der Waals surface area (Å²) in [5, 5.41) is 0. The average Bonchev–Trinajstić information content (AvgIpc) is 2.52. The molecule has 3 rings (SSSR count). The first-order chi connectivity index (χ1) is 10.6. The molecule has 3 atom stereocenters. The van der Waals surface area contributed by atoms with Gasteiger partial charge in [-0.1, -0.05) is 62.2 Å². The lowest BCUT2D eigenvalue weighted by molar-refractivity contribution is -0.157. The number of allylic oxidation sites excluding steroid dienone is 3. The maximum atomic E-state index is 12.1. The first-order valence-electron chi connectivity index (χ1n) is 7.23. The Bertz CT molecular complexity index is 624. The Morgan fingerprint density at radius 2 is 1.95 bits per heavy atom. The number of amides is 1. The third-order valence-corrected chi connectivity index (χ3v) is 5.38. The maximum Gasteiger partial charge on any atom is 0.248 e. The number of hydrogen-bond donors (Lipinski definition) is 0. The Morgan fingerprint density at radius 3 is 2.59 bits per heavy atom. The Kier molecular flexibility index (Phi) is 4.85. The third-order valence-electron chi connectivity index (χ3n) is 4.26. The van der Waals surface area contributed by atoms with E-state index in [0.29, 0.717) is 0 Å². The van der Waals surface area contributed by atoms with Crippen LogP contribution in [0.25, 0.3) is 0 Å². The zero-order valence-electron chi connectivity index (χ0n) is 12.2. The Labute approximate surface area is 147 Å². The molecule has 1 heterocycles. The van der Waals surface area contributed by atoms with E-state index in [1.807, 2.05) is 24.1 Å². The highest BCUT2D eigenvalue weighted by molar-refractivity contribution is 9.12. The Hall–Kier alpha value is -0.910. The molecule has 1 aliphatic carbocycles. The molecule has 0 radical (unpaired) electrons. The SMILES string of the molecule is CN1C(=O)CO[C@@H](c2ccc(Br)cc2)[C@H]1C1C=CC(Br)=CC1. The summed E-state index contributed by atoms with van der Waals surface area (Å²) in [5.74, 6) is 0.296. The third kappa shape index (κ3) is 3.21. The number of benzene rings is 1. The molecule has 1 aromatic rings. The van der Waals surface area contributed by atoms with Gasteiger partial charge in [-0.3, -0.25) is 4.79 Å². The van der Waals surface area contributed by atoms with Gasteiger partial charge in [0.25, 0.3) is 0 Å². The van der Waals surface area contributed by atoms with Gasteiger partial charge < -0.3 is 9.64 Å². The van der Waals surface area contributed by atoms with E-state index in [2.05, 4.69) is 62.2 Å². The minimum Gasteiger partial charge on any atom is -0.362 e. The molecule has 1 saturated heterocycles. The largest absolute Gasteiger partial charge is 0.362 e. The van der Waals surface area contributed by atoms with Crippen molar-refractivity contribution in [2.45, 2.75) is 18.6 Å². The molecular formula is C17H17Br2NO2. The molecule has 1 unspecified atom stereocenters. The predicted molar refractivity (Wildman–Crippen MR) is 93.7 cm³/mol. The lowest BCUT2D eigenvalue weighted by Gasteiger charge is -2.43. The van der Waals surface area contributed by atoms with E-state index in [1.165, 1.54) is 0 Å². The van der Waals surface area contributed by atoms with E-state index < -0.39 is 0 Å². The van der Waals surface area contributed by atoms with Gasteiger partial charge in [-0.05, 0) is 24.1 Å². The van der Waals surface area contributed by atoms with Gasteiger partial charge in [0.15, 0.2) is 0 Å². The second kappa shape index (κ2) is 6.69. The highest BCUT2D eigenvalue weighted by Gasteiger charge is 2.39. The quantitative estimate of drug-likeness (QED) is 0.709. The number of carbonyl (C=O) groups excluding carboxylic acids is 1. The second-order valence-corrected chi connectivity index (χ2v) is 7.46. The summed E-state index contributed by atoms with van der Waals surface area (Å²) in [5.41, 5.74) is 1.11. The van der Waals surface area contributed by atoms with Crippen molar-refractivity contribution >= 4 is 37.8 Å². The first-order valence-corrected chi connectivity index (χ1v) is 8.81. The molecule has 0 aromatic heterocycles. The minimum absolute atomic E-state index is 0.00975. The van der Waals surface area contributed by atoms with Crippen molar-refractivity contribution in [2.75, 3.05) is 13.7 Å². The van der Waals surface area contributed by atoms with E-state index in [4.69, 9.17) is 4.74 Å². The highest BCUT2D eigenvalue weighted by Crippen LogP contribution is 2.37. The average molecular weight is 427 g/mol. The summed E-state index contributed by atoms with van der Waals surface area (Å²) < 4.78 is 8.04. The number of morpholine rings is 1. The monoisotopic (exact) mass is 425 g/mol. The lowest BCUT2D eigenvalue weighted by atomic mass is 9.84. The van der Waals surface area contributed by atoms with Crippen molar-refractivity contribution in [1.82, 2.24) is 4.90 Å². The molecule has 0 saturated carbocycles. The fraction of sp³-hybridized carbons (Fsp3) is 0.353. The summed E-state index contributed by atoms with van der Waals surface area (Å²) in [6.45, 7) is 0.143. The summed E-state index contributed by atoms with van der Waals surface area (Å²) in [4.78, 5) is 13.9. The van der Waals surface area contributed by atoms with Gasteiger partial charge in [0.2, 0.25) is 5.91 Å². The van der Waals surface area contributed by atoms with Crippen LogP contribution in [0.15, 0.2) is 51.4 Å². The van der Waals surface area contributed by atoms with Crippen LogP contribution in [0.5, 0.6) is 0 Å². The van der Waals surface area contributed by atoms with E-state index in [9.17, 15) is 4.79 Å². The highest BCUT2D eigenvalue weighted by atomic mass is 79.9. The molecule has 0 spiro atoms. The number of ether oxygens (including phenoxy) is 1. The number of likely N-dealkylation sites (N-methyl/N-ethyl adjacent to an activating group) is 1. The molecule has 0 N–H and O–H groups in total. The van der Waals surface area contributed by atoms with E-state index in [-0.39, 0.29) is 30.6 Å². The molecule has 1 fully saturated rings. The zero-order chi connectivity index (χ0) is 15.7. The van der Waals surface area contributed by atoms with Crippen LogP contribution in [-0.2, 0) is 9.53 Å². The predicted octanol–water partition coefficient (Wildman–Crippen LogP) is 4.20. The number of nitrogens with zero attached hydrogens (tertiary/aromatic N) is 1. The standard InChI is InChI=1S/C17H17Br2NO2/c1-20-15(21)10-22-17(12-4-8-14(19)9-5-12)16(20)11-2-6-13(18)7-3-11/h2,4-9,11,16-17H,3,10H2,1H3/t11?,16-,17+/m1/s1. The second-order valence-electron chi connectivity index (χ2n) is 5.63. The van der Waals surface area contributed by atoms with Crippen molar-refractivity contribution in [3.8, 4) is 0 Å². The van der Waals surface area contributed by atoms with Gasteiger partial charge in [-0.25, -0.2) is 0 Å². The fourth-order valence-corrected chi connectivity index (χ4v) is 3.66. The Morgan fingerprint density at radius 1 is 1.23 bits per heavy atom.